The average Bonchev–Trinajstić information content (AvgIpc) is 2.25. The molecular weight excluding hydrogens is 331 g/mol. The SMILES string of the molecule is Clc1ccc(Sc2ncc(Br)cc2Cl)nc1. The Labute approximate surface area is 116 Å². The first kappa shape index (κ1) is 12.2. The van der Waals surface area contributed by atoms with Gasteiger partial charge in [-0.05, 0) is 45.9 Å². The number of aromatic nitrogens is 2. The molecule has 0 aliphatic heterocycles. The molecule has 0 aromatic carbocycles. The highest BCUT2D eigenvalue weighted by molar-refractivity contribution is 9.10. The van der Waals surface area contributed by atoms with E-state index in [0.29, 0.717) is 10.0 Å². The minimum absolute atomic E-state index is 0.594. The molecule has 0 saturated carbocycles. The van der Waals surface area contributed by atoms with Gasteiger partial charge in [0.05, 0.1) is 10.0 Å². The second kappa shape index (κ2) is 5.36. The predicted octanol–water partition coefficient (Wildman–Crippen LogP) is 4.70. The van der Waals surface area contributed by atoms with Crippen LogP contribution < -0.4 is 0 Å². The Bertz CT molecular complexity index is 505. The molecule has 2 aromatic rings. The fraction of sp³-hybridized carbons (Fsp3) is 0. The largest absolute Gasteiger partial charge is 0.248 e. The number of halogens is 3. The van der Waals surface area contributed by atoms with Crippen LogP contribution in [0.2, 0.25) is 10.0 Å². The number of hydrogen-bond acceptors (Lipinski definition) is 3. The van der Waals surface area contributed by atoms with Crippen LogP contribution in [0.5, 0.6) is 0 Å². The van der Waals surface area contributed by atoms with E-state index in [0.717, 1.165) is 14.5 Å². The Morgan fingerprint density at radius 1 is 1.12 bits per heavy atom. The molecule has 82 valence electrons. The van der Waals surface area contributed by atoms with Crippen molar-refractivity contribution in [2.75, 3.05) is 0 Å². The molecular formula is C10H5BrCl2N2S. The van der Waals surface area contributed by atoms with E-state index >= 15 is 0 Å². The summed E-state index contributed by atoms with van der Waals surface area (Å²) in [6.45, 7) is 0. The second-order valence-corrected chi connectivity index (χ2v) is 5.63. The number of nitrogens with zero attached hydrogens (tertiary/aromatic N) is 2. The van der Waals surface area contributed by atoms with Gasteiger partial charge < -0.3 is 0 Å². The summed E-state index contributed by atoms with van der Waals surface area (Å²) in [4.78, 5) is 8.36. The van der Waals surface area contributed by atoms with Crippen LogP contribution in [-0.4, -0.2) is 9.97 Å². The summed E-state index contributed by atoms with van der Waals surface area (Å²) in [6, 6.07) is 5.41. The van der Waals surface area contributed by atoms with E-state index in [1.165, 1.54) is 11.8 Å². The zero-order chi connectivity index (χ0) is 11.5. The Morgan fingerprint density at radius 2 is 1.94 bits per heavy atom. The molecule has 2 aromatic heterocycles. The van der Waals surface area contributed by atoms with Crippen molar-refractivity contribution in [1.82, 2.24) is 9.97 Å². The van der Waals surface area contributed by atoms with E-state index in [4.69, 9.17) is 23.2 Å². The van der Waals surface area contributed by atoms with Crippen molar-refractivity contribution in [2.45, 2.75) is 10.1 Å². The lowest BCUT2D eigenvalue weighted by molar-refractivity contribution is 1.09. The minimum atomic E-state index is 0.594. The Kier molecular flexibility index (Phi) is 4.08. The van der Waals surface area contributed by atoms with E-state index in [1.54, 1.807) is 24.5 Å². The first-order valence-corrected chi connectivity index (χ1v) is 6.62. The molecule has 0 N–H and O–H groups in total. The summed E-state index contributed by atoms with van der Waals surface area (Å²) < 4.78 is 0.853. The van der Waals surface area contributed by atoms with Gasteiger partial charge in [0, 0.05) is 16.9 Å². The lowest BCUT2D eigenvalue weighted by Gasteiger charge is -2.02. The molecule has 0 aliphatic rings. The van der Waals surface area contributed by atoms with E-state index in [2.05, 4.69) is 25.9 Å². The molecule has 0 amide bonds. The quantitative estimate of drug-likeness (QED) is 0.795. The first-order chi connectivity index (χ1) is 7.65. The van der Waals surface area contributed by atoms with Crippen LogP contribution in [0, 0.1) is 0 Å². The maximum Gasteiger partial charge on any atom is 0.121 e. The van der Waals surface area contributed by atoms with Crippen molar-refractivity contribution in [3.8, 4) is 0 Å². The molecule has 2 heterocycles. The molecule has 6 heteroatoms. The standard InChI is InChI=1S/C10H5BrCl2N2S/c11-6-3-8(13)10(15-4-6)16-9-2-1-7(12)5-14-9/h1-5H. The van der Waals surface area contributed by atoms with Crippen molar-refractivity contribution < 1.29 is 0 Å². The normalized spacial score (nSPS) is 10.4. The molecule has 0 radical (unpaired) electrons. The molecule has 0 bridgehead atoms. The number of pyridine rings is 2. The van der Waals surface area contributed by atoms with Crippen LogP contribution in [0.15, 0.2) is 45.1 Å². The topological polar surface area (TPSA) is 25.8 Å². The van der Waals surface area contributed by atoms with Gasteiger partial charge in [0.2, 0.25) is 0 Å². The summed E-state index contributed by atoms with van der Waals surface area (Å²) in [7, 11) is 0. The van der Waals surface area contributed by atoms with Crippen molar-refractivity contribution in [2.24, 2.45) is 0 Å². The lowest BCUT2D eigenvalue weighted by Crippen LogP contribution is -1.84. The molecule has 0 saturated heterocycles. The Hall–Kier alpha value is -0.290. The smallest absolute Gasteiger partial charge is 0.121 e. The highest BCUT2D eigenvalue weighted by Crippen LogP contribution is 2.31. The summed E-state index contributed by atoms with van der Waals surface area (Å²) in [5, 5.41) is 2.73. The van der Waals surface area contributed by atoms with Crippen LogP contribution in [0.1, 0.15) is 0 Å². The first-order valence-electron chi connectivity index (χ1n) is 4.25. The van der Waals surface area contributed by atoms with Gasteiger partial charge in [-0.3, -0.25) is 0 Å². The van der Waals surface area contributed by atoms with Gasteiger partial charge in [0.15, 0.2) is 0 Å². The summed E-state index contributed by atoms with van der Waals surface area (Å²) in [5.74, 6) is 0. The zero-order valence-electron chi connectivity index (χ0n) is 7.82. The molecule has 0 aliphatic carbocycles. The maximum atomic E-state index is 6.04. The van der Waals surface area contributed by atoms with Crippen LogP contribution in [0.25, 0.3) is 0 Å². The Balaban J connectivity index is 2.23. The van der Waals surface area contributed by atoms with Gasteiger partial charge in [-0.1, -0.05) is 23.2 Å². The second-order valence-electron chi connectivity index (χ2n) is 2.86. The zero-order valence-corrected chi connectivity index (χ0v) is 11.7. The van der Waals surface area contributed by atoms with E-state index in [9.17, 15) is 0 Å². The number of hydrogen-bond donors (Lipinski definition) is 0. The third-order valence-corrected chi connectivity index (χ3v) is 3.70. The Morgan fingerprint density at radius 3 is 2.56 bits per heavy atom. The fourth-order valence-corrected chi connectivity index (χ4v) is 2.56. The van der Waals surface area contributed by atoms with E-state index in [1.807, 2.05) is 6.07 Å². The molecule has 0 fully saturated rings. The van der Waals surface area contributed by atoms with Gasteiger partial charge in [-0.25, -0.2) is 9.97 Å². The van der Waals surface area contributed by atoms with Crippen LogP contribution >= 0.6 is 50.9 Å². The van der Waals surface area contributed by atoms with Crippen LogP contribution in [-0.2, 0) is 0 Å². The molecule has 2 nitrogen and oxygen atoms in total. The van der Waals surface area contributed by atoms with Crippen molar-refractivity contribution in [3.63, 3.8) is 0 Å². The third kappa shape index (κ3) is 3.10. The van der Waals surface area contributed by atoms with E-state index < -0.39 is 0 Å². The predicted molar refractivity (Wildman–Crippen MR) is 70.3 cm³/mol. The van der Waals surface area contributed by atoms with E-state index in [-0.39, 0.29) is 0 Å². The summed E-state index contributed by atoms with van der Waals surface area (Å²) in [6.07, 6.45) is 3.29. The van der Waals surface area contributed by atoms with Crippen molar-refractivity contribution >= 4 is 50.9 Å². The highest BCUT2D eigenvalue weighted by atomic mass is 79.9. The minimum Gasteiger partial charge on any atom is -0.248 e. The summed E-state index contributed by atoms with van der Waals surface area (Å²) >= 11 is 16.5. The van der Waals surface area contributed by atoms with Gasteiger partial charge >= 0.3 is 0 Å². The monoisotopic (exact) mass is 334 g/mol. The van der Waals surface area contributed by atoms with Gasteiger partial charge in [-0.15, -0.1) is 0 Å². The molecule has 0 spiro atoms. The number of rotatable bonds is 2. The van der Waals surface area contributed by atoms with Crippen molar-refractivity contribution in [3.05, 3.63) is 45.1 Å². The van der Waals surface area contributed by atoms with Gasteiger partial charge in [0.25, 0.3) is 0 Å². The van der Waals surface area contributed by atoms with Gasteiger partial charge in [0.1, 0.15) is 10.1 Å². The highest BCUT2D eigenvalue weighted by Gasteiger charge is 2.05. The molecule has 2 rings (SSSR count). The molecule has 0 unspecified atom stereocenters. The fourth-order valence-electron chi connectivity index (χ4n) is 0.999. The van der Waals surface area contributed by atoms with Gasteiger partial charge in [-0.2, -0.15) is 0 Å². The molecule has 16 heavy (non-hydrogen) atoms. The van der Waals surface area contributed by atoms with Crippen LogP contribution in [0.4, 0.5) is 0 Å². The van der Waals surface area contributed by atoms with Crippen molar-refractivity contribution in [1.29, 1.82) is 0 Å². The average molecular weight is 336 g/mol. The third-order valence-electron chi connectivity index (χ3n) is 1.68. The maximum absolute atomic E-state index is 6.04. The molecule has 0 atom stereocenters. The lowest BCUT2D eigenvalue weighted by atomic mass is 10.5. The summed E-state index contributed by atoms with van der Waals surface area (Å²) in [5.41, 5.74) is 0. The van der Waals surface area contributed by atoms with Crippen LogP contribution in [0.3, 0.4) is 0 Å².